The van der Waals surface area contributed by atoms with E-state index in [0.29, 0.717) is 12.8 Å². The van der Waals surface area contributed by atoms with Crippen molar-refractivity contribution in [3.63, 3.8) is 0 Å². The molecule has 0 aliphatic rings. The van der Waals surface area contributed by atoms with Gasteiger partial charge >= 0.3 is 0 Å². The van der Waals surface area contributed by atoms with E-state index in [1.165, 1.54) is 6.33 Å². The van der Waals surface area contributed by atoms with Crippen LogP contribution in [0.1, 0.15) is 18.4 Å². The highest BCUT2D eigenvalue weighted by atomic mass is 32.2. The average Bonchev–Trinajstić information content (AvgIpc) is 2.23. The van der Waals surface area contributed by atoms with Crippen LogP contribution >= 0.6 is 0 Å². The first-order chi connectivity index (χ1) is 7.58. The lowest BCUT2D eigenvalue weighted by molar-refractivity contribution is 0.317. The van der Waals surface area contributed by atoms with Crippen molar-refractivity contribution in [2.45, 2.75) is 12.8 Å². The molecule has 16 heavy (non-hydrogen) atoms. The monoisotopic (exact) mass is 240 g/mol. The maximum atomic E-state index is 10.6. The van der Waals surface area contributed by atoms with Crippen LogP contribution in [-0.2, 0) is 14.3 Å². The van der Waals surface area contributed by atoms with Gasteiger partial charge in [0.25, 0.3) is 10.1 Å². The lowest BCUT2D eigenvalue weighted by Gasteiger charge is -1.96. The van der Waals surface area contributed by atoms with Crippen molar-refractivity contribution in [2.24, 2.45) is 0 Å². The summed E-state index contributed by atoms with van der Waals surface area (Å²) in [6, 6.07) is 0. The van der Waals surface area contributed by atoms with Crippen molar-refractivity contribution < 1.29 is 12.6 Å². The van der Waals surface area contributed by atoms with Crippen LogP contribution in [-0.4, -0.2) is 31.2 Å². The van der Waals surface area contributed by atoms with Gasteiger partial charge in [0, 0.05) is 18.8 Å². The third-order valence-corrected chi connectivity index (χ3v) is 2.13. The van der Waals surface area contributed by atoms with Crippen molar-refractivity contribution in [3.05, 3.63) is 24.3 Å². The second-order valence-corrected chi connectivity index (χ2v) is 4.70. The van der Waals surface area contributed by atoms with E-state index in [1.807, 2.05) is 0 Å². The lowest BCUT2D eigenvalue weighted by atomic mass is 10.3. The van der Waals surface area contributed by atoms with E-state index < -0.39 is 10.1 Å². The molecule has 5 nitrogen and oxygen atoms in total. The number of hydrogen-bond acceptors (Lipinski definition) is 5. The molecule has 0 fully saturated rings. The Labute approximate surface area is 95.0 Å². The SMILES string of the molecule is CS(=O)(=O)OCCCC#Cc1cncnc1. The molecule has 0 amide bonds. The molecule has 0 spiro atoms. The molecular weight excluding hydrogens is 228 g/mol. The first-order valence-electron chi connectivity index (χ1n) is 4.66. The molecule has 0 unspecified atom stereocenters. The highest BCUT2D eigenvalue weighted by molar-refractivity contribution is 7.85. The largest absolute Gasteiger partial charge is 0.270 e. The third kappa shape index (κ3) is 6.11. The fourth-order valence-corrected chi connectivity index (χ4v) is 1.32. The van der Waals surface area contributed by atoms with Gasteiger partial charge < -0.3 is 0 Å². The zero-order valence-electron chi connectivity index (χ0n) is 8.88. The summed E-state index contributed by atoms with van der Waals surface area (Å²) in [6.07, 6.45) is 6.85. The minimum atomic E-state index is -3.33. The van der Waals surface area contributed by atoms with E-state index in [4.69, 9.17) is 0 Å². The van der Waals surface area contributed by atoms with Crippen LogP contribution < -0.4 is 0 Å². The summed E-state index contributed by atoms with van der Waals surface area (Å²) in [5.74, 6) is 5.75. The second kappa shape index (κ2) is 6.20. The van der Waals surface area contributed by atoms with Gasteiger partial charge in [-0.3, -0.25) is 4.18 Å². The maximum Gasteiger partial charge on any atom is 0.264 e. The zero-order valence-corrected chi connectivity index (χ0v) is 9.70. The quantitative estimate of drug-likeness (QED) is 0.437. The summed E-state index contributed by atoms with van der Waals surface area (Å²) in [5.41, 5.74) is 0.742. The molecule has 0 saturated heterocycles. The van der Waals surface area contributed by atoms with E-state index in [-0.39, 0.29) is 6.61 Å². The molecule has 0 bridgehead atoms. The highest BCUT2D eigenvalue weighted by Gasteiger charge is 1.98. The minimum Gasteiger partial charge on any atom is -0.270 e. The Bertz CT molecular complexity index is 474. The molecule has 1 rings (SSSR count). The van der Waals surface area contributed by atoms with Crippen LogP contribution in [0.25, 0.3) is 0 Å². The normalized spacial score (nSPS) is 10.6. The van der Waals surface area contributed by atoms with Crippen LogP contribution in [0.5, 0.6) is 0 Å². The van der Waals surface area contributed by atoms with Crippen molar-refractivity contribution >= 4 is 10.1 Å². The average molecular weight is 240 g/mol. The van der Waals surface area contributed by atoms with Gasteiger partial charge in [-0.1, -0.05) is 11.8 Å². The first kappa shape index (κ1) is 12.6. The van der Waals surface area contributed by atoms with Crippen LogP contribution in [0.15, 0.2) is 18.7 Å². The van der Waals surface area contributed by atoms with E-state index in [2.05, 4.69) is 26.0 Å². The van der Waals surface area contributed by atoms with Crippen LogP contribution in [0.4, 0.5) is 0 Å². The van der Waals surface area contributed by atoms with E-state index in [9.17, 15) is 8.42 Å². The molecule has 0 radical (unpaired) electrons. The highest BCUT2D eigenvalue weighted by Crippen LogP contribution is 1.94. The minimum absolute atomic E-state index is 0.165. The Morgan fingerprint density at radius 3 is 2.69 bits per heavy atom. The molecule has 0 aliphatic heterocycles. The maximum absolute atomic E-state index is 10.6. The van der Waals surface area contributed by atoms with E-state index >= 15 is 0 Å². The van der Waals surface area contributed by atoms with E-state index in [1.54, 1.807) is 12.4 Å². The van der Waals surface area contributed by atoms with E-state index in [0.717, 1.165) is 11.8 Å². The predicted molar refractivity (Wildman–Crippen MR) is 58.9 cm³/mol. The summed E-state index contributed by atoms with van der Waals surface area (Å²) in [7, 11) is -3.33. The number of hydrogen-bond donors (Lipinski definition) is 0. The molecule has 6 heteroatoms. The fourth-order valence-electron chi connectivity index (χ4n) is 0.899. The predicted octanol–water partition coefficient (Wildman–Crippen LogP) is 0.585. The second-order valence-electron chi connectivity index (χ2n) is 3.06. The van der Waals surface area contributed by atoms with Gasteiger partial charge in [-0.15, -0.1) is 0 Å². The Morgan fingerprint density at radius 1 is 1.38 bits per heavy atom. The van der Waals surface area contributed by atoms with Gasteiger partial charge in [-0.25, -0.2) is 9.97 Å². The summed E-state index contributed by atoms with van der Waals surface area (Å²) in [4.78, 5) is 7.63. The molecule has 1 aromatic rings. The molecule has 86 valence electrons. The number of aromatic nitrogens is 2. The molecule has 0 N–H and O–H groups in total. The number of nitrogens with zero attached hydrogens (tertiary/aromatic N) is 2. The number of unbranched alkanes of at least 4 members (excludes halogenated alkanes) is 1. The Morgan fingerprint density at radius 2 is 2.06 bits per heavy atom. The Hall–Kier alpha value is -1.45. The Balaban J connectivity index is 2.24. The van der Waals surface area contributed by atoms with Crippen LogP contribution in [0, 0.1) is 11.8 Å². The van der Waals surface area contributed by atoms with Gasteiger partial charge in [0.2, 0.25) is 0 Å². The van der Waals surface area contributed by atoms with Crippen molar-refractivity contribution in [1.29, 1.82) is 0 Å². The Kier molecular flexibility index (Phi) is 4.89. The molecule has 1 heterocycles. The smallest absolute Gasteiger partial charge is 0.264 e. The van der Waals surface area contributed by atoms with Gasteiger partial charge in [0.15, 0.2) is 0 Å². The summed E-state index contributed by atoms with van der Waals surface area (Å²) >= 11 is 0. The van der Waals surface area contributed by atoms with Crippen molar-refractivity contribution in [3.8, 4) is 11.8 Å². The molecule has 0 atom stereocenters. The molecule has 0 aliphatic carbocycles. The number of rotatable bonds is 4. The van der Waals surface area contributed by atoms with Crippen molar-refractivity contribution in [2.75, 3.05) is 12.9 Å². The van der Waals surface area contributed by atoms with Gasteiger partial charge in [0.1, 0.15) is 6.33 Å². The molecule has 1 aromatic heterocycles. The van der Waals surface area contributed by atoms with Gasteiger partial charge in [-0.05, 0) is 6.42 Å². The standard InChI is InChI=1S/C10H12N2O3S/c1-16(13,14)15-6-4-2-3-5-10-7-11-9-12-8-10/h7-9H,2,4,6H2,1H3. The summed E-state index contributed by atoms with van der Waals surface area (Å²) in [5, 5.41) is 0. The summed E-state index contributed by atoms with van der Waals surface area (Å²) < 4.78 is 25.8. The third-order valence-electron chi connectivity index (χ3n) is 1.54. The molecule has 0 aromatic carbocycles. The molecular formula is C10H12N2O3S. The zero-order chi connectivity index (χ0) is 11.9. The van der Waals surface area contributed by atoms with Crippen LogP contribution in [0.2, 0.25) is 0 Å². The van der Waals surface area contributed by atoms with Gasteiger partial charge in [0.05, 0.1) is 18.4 Å². The summed E-state index contributed by atoms with van der Waals surface area (Å²) in [6.45, 7) is 0.165. The lowest BCUT2D eigenvalue weighted by Crippen LogP contribution is -2.03. The van der Waals surface area contributed by atoms with Crippen LogP contribution in [0.3, 0.4) is 0 Å². The fraction of sp³-hybridized carbons (Fsp3) is 0.400. The molecule has 0 saturated carbocycles. The topological polar surface area (TPSA) is 69.2 Å². The first-order valence-corrected chi connectivity index (χ1v) is 6.48. The van der Waals surface area contributed by atoms with Gasteiger partial charge in [-0.2, -0.15) is 8.42 Å². The van der Waals surface area contributed by atoms with Crippen molar-refractivity contribution in [1.82, 2.24) is 9.97 Å².